The summed E-state index contributed by atoms with van der Waals surface area (Å²) in [7, 11) is 0. The molecule has 0 saturated heterocycles. The molecule has 35 heavy (non-hydrogen) atoms. The van der Waals surface area contributed by atoms with Gasteiger partial charge in [-0.2, -0.15) is 0 Å². The molecular formula is C29H29N3O3. The van der Waals surface area contributed by atoms with E-state index in [-0.39, 0.29) is 22.3 Å². The molecule has 1 atom stereocenters. The van der Waals surface area contributed by atoms with E-state index >= 15 is 0 Å². The summed E-state index contributed by atoms with van der Waals surface area (Å²) in [5.41, 5.74) is 5.61. The average molecular weight is 468 g/mol. The van der Waals surface area contributed by atoms with E-state index in [1.165, 1.54) is 11.1 Å². The number of aryl methyl sites for hydroxylation is 1. The monoisotopic (exact) mass is 467 g/mol. The lowest BCUT2D eigenvalue weighted by Gasteiger charge is -2.50. The SMILES string of the molecule is Cc1nc2ccncc2cc1C(=O)N1CC=C2C(C)(C)C(c3ccc(C(=O)O)cc3)=CC[C@]2(C)C1. The number of allylic oxidation sites excluding steroid dienone is 2. The topological polar surface area (TPSA) is 83.4 Å². The van der Waals surface area contributed by atoms with Gasteiger partial charge in [0.2, 0.25) is 0 Å². The van der Waals surface area contributed by atoms with Crippen LogP contribution in [0.4, 0.5) is 0 Å². The van der Waals surface area contributed by atoms with Crippen molar-refractivity contribution < 1.29 is 14.7 Å². The normalized spacial score (nSPS) is 21.2. The number of amides is 1. The van der Waals surface area contributed by atoms with Gasteiger partial charge in [-0.15, -0.1) is 0 Å². The van der Waals surface area contributed by atoms with Gasteiger partial charge in [0.15, 0.2) is 0 Å². The number of aromatic carboxylic acids is 1. The van der Waals surface area contributed by atoms with Crippen LogP contribution in [-0.4, -0.2) is 44.9 Å². The average Bonchev–Trinajstić information content (AvgIpc) is 2.82. The number of carbonyl (C=O) groups excluding carboxylic acids is 1. The van der Waals surface area contributed by atoms with Gasteiger partial charge >= 0.3 is 5.97 Å². The van der Waals surface area contributed by atoms with Gasteiger partial charge in [0.1, 0.15) is 0 Å². The lowest BCUT2D eigenvalue weighted by atomic mass is 9.58. The van der Waals surface area contributed by atoms with E-state index < -0.39 is 5.97 Å². The van der Waals surface area contributed by atoms with E-state index in [0.29, 0.717) is 18.7 Å². The molecule has 3 aromatic rings. The van der Waals surface area contributed by atoms with Crippen LogP contribution in [0.15, 0.2) is 66.5 Å². The van der Waals surface area contributed by atoms with Crippen LogP contribution in [0.2, 0.25) is 0 Å². The number of aromatic nitrogens is 2. The number of nitrogens with zero attached hydrogens (tertiary/aromatic N) is 3. The first-order chi connectivity index (χ1) is 16.6. The van der Waals surface area contributed by atoms with E-state index in [1.807, 2.05) is 36.1 Å². The molecule has 0 unspecified atom stereocenters. The Hall–Kier alpha value is -3.80. The maximum atomic E-state index is 13.6. The number of rotatable bonds is 3. The summed E-state index contributed by atoms with van der Waals surface area (Å²) < 4.78 is 0. The first-order valence-electron chi connectivity index (χ1n) is 11.9. The molecule has 1 N–H and O–H groups in total. The van der Waals surface area contributed by atoms with Crippen molar-refractivity contribution in [2.45, 2.75) is 34.1 Å². The zero-order valence-electron chi connectivity index (χ0n) is 20.5. The highest BCUT2D eigenvalue weighted by Crippen LogP contribution is 2.55. The van der Waals surface area contributed by atoms with Crippen LogP contribution < -0.4 is 0 Å². The molecule has 178 valence electrons. The quantitative estimate of drug-likeness (QED) is 0.512. The van der Waals surface area contributed by atoms with Crippen LogP contribution in [0, 0.1) is 17.8 Å². The number of hydrogen-bond acceptors (Lipinski definition) is 4. The minimum Gasteiger partial charge on any atom is -0.478 e. The molecule has 0 spiro atoms. The van der Waals surface area contributed by atoms with E-state index in [9.17, 15) is 14.7 Å². The lowest BCUT2D eigenvalue weighted by Crippen LogP contribution is -2.48. The van der Waals surface area contributed by atoms with Crippen molar-refractivity contribution >= 4 is 28.4 Å². The molecule has 1 aliphatic carbocycles. The van der Waals surface area contributed by atoms with Crippen LogP contribution in [0.3, 0.4) is 0 Å². The van der Waals surface area contributed by atoms with Crippen LogP contribution in [-0.2, 0) is 0 Å². The highest BCUT2D eigenvalue weighted by atomic mass is 16.4. The van der Waals surface area contributed by atoms with Gasteiger partial charge in [0.05, 0.1) is 22.3 Å². The largest absolute Gasteiger partial charge is 0.478 e. The molecule has 6 nitrogen and oxygen atoms in total. The third kappa shape index (κ3) is 3.83. The van der Waals surface area contributed by atoms with Crippen molar-refractivity contribution in [1.29, 1.82) is 0 Å². The number of benzene rings is 1. The molecule has 2 aliphatic rings. The van der Waals surface area contributed by atoms with Gasteiger partial charge in [0.25, 0.3) is 5.91 Å². The van der Waals surface area contributed by atoms with Gasteiger partial charge in [-0.3, -0.25) is 14.8 Å². The molecule has 2 aromatic heterocycles. The zero-order chi connectivity index (χ0) is 25.0. The third-order valence-corrected chi connectivity index (χ3v) is 7.58. The second-order valence-electron chi connectivity index (χ2n) is 10.4. The summed E-state index contributed by atoms with van der Waals surface area (Å²) >= 11 is 0. The smallest absolute Gasteiger partial charge is 0.335 e. The van der Waals surface area contributed by atoms with Crippen molar-refractivity contribution in [2.75, 3.05) is 13.1 Å². The zero-order valence-corrected chi connectivity index (χ0v) is 20.5. The first-order valence-corrected chi connectivity index (χ1v) is 11.9. The van der Waals surface area contributed by atoms with Gasteiger partial charge in [-0.05, 0) is 48.7 Å². The highest BCUT2D eigenvalue weighted by Gasteiger charge is 2.46. The fourth-order valence-electron chi connectivity index (χ4n) is 5.86. The lowest BCUT2D eigenvalue weighted by molar-refractivity contribution is 0.0677. The summed E-state index contributed by atoms with van der Waals surface area (Å²) in [6.07, 6.45) is 8.73. The minimum absolute atomic E-state index is 0.00544. The van der Waals surface area contributed by atoms with Crippen molar-refractivity contribution in [3.63, 3.8) is 0 Å². The molecule has 0 fully saturated rings. The molecule has 1 aliphatic heterocycles. The van der Waals surface area contributed by atoms with Gasteiger partial charge < -0.3 is 10.0 Å². The summed E-state index contributed by atoms with van der Waals surface area (Å²) in [6.45, 7) is 9.73. The molecule has 0 saturated carbocycles. The fraction of sp³-hybridized carbons (Fsp3) is 0.310. The molecule has 0 radical (unpaired) electrons. The molecule has 3 heterocycles. The van der Waals surface area contributed by atoms with Crippen LogP contribution in [0.5, 0.6) is 0 Å². The molecular weight excluding hydrogens is 438 g/mol. The Morgan fingerprint density at radius 1 is 1.06 bits per heavy atom. The summed E-state index contributed by atoms with van der Waals surface area (Å²) in [5.74, 6) is -0.928. The molecule has 1 aromatic carbocycles. The van der Waals surface area contributed by atoms with Crippen molar-refractivity contribution in [3.05, 3.63) is 88.9 Å². The van der Waals surface area contributed by atoms with Crippen LogP contribution in [0.25, 0.3) is 16.5 Å². The Labute approximate surface area is 205 Å². The van der Waals surface area contributed by atoms with Crippen molar-refractivity contribution in [3.8, 4) is 0 Å². The predicted molar refractivity (Wildman–Crippen MR) is 136 cm³/mol. The standard InChI is InChI=1S/C29H29N3O3/c1-18-22(15-21-16-30-13-10-24(21)31-18)26(33)32-14-11-25-28(2,3)23(9-12-29(25,4)17-32)19-5-7-20(8-6-19)27(34)35/h5-11,13,15-16H,12,14,17H2,1-4H3,(H,34,35)/t29-/m1/s1. The van der Waals surface area contributed by atoms with Crippen molar-refractivity contribution in [2.24, 2.45) is 10.8 Å². The molecule has 1 amide bonds. The Morgan fingerprint density at radius 2 is 1.80 bits per heavy atom. The minimum atomic E-state index is -0.922. The fourth-order valence-corrected chi connectivity index (χ4v) is 5.86. The summed E-state index contributed by atoms with van der Waals surface area (Å²) in [6, 6.07) is 10.9. The Bertz CT molecular complexity index is 1420. The summed E-state index contributed by atoms with van der Waals surface area (Å²) in [4.78, 5) is 35.6. The van der Waals surface area contributed by atoms with E-state index in [0.717, 1.165) is 28.6 Å². The number of carbonyl (C=O) groups is 2. The van der Waals surface area contributed by atoms with Gasteiger partial charge in [-0.1, -0.05) is 50.6 Å². The van der Waals surface area contributed by atoms with Crippen LogP contribution >= 0.6 is 0 Å². The Kier molecular flexibility index (Phi) is 5.35. The van der Waals surface area contributed by atoms with E-state index in [4.69, 9.17) is 0 Å². The maximum absolute atomic E-state index is 13.6. The van der Waals surface area contributed by atoms with E-state index in [1.54, 1.807) is 24.5 Å². The van der Waals surface area contributed by atoms with Crippen molar-refractivity contribution in [1.82, 2.24) is 14.9 Å². The highest BCUT2D eigenvalue weighted by molar-refractivity contribution is 5.99. The Morgan fingerprint density at radius 3 is 2.51 bits per heavy atom. The molecule has 0 bridgehead atoms. The number of carboxylic acids is 1. The van der Waals surface area contributed by atoms with Crippen LogP contribution in [0.1, 0.15) is 59.2 Å². The molecule has 6 heteroatoms. The van der Waals surface area contributed by atoms with Gasteiger partial charge in [-0.25, -0.2) is 4.79 Å². The number of fused-ring (bicyclic) bond motifs is 2. The van der Waals surface area contributed by atoms with E-state index in [2.05, 4.69) is 42.9 Å². The number of hydrogen-bond donors (Lipinski definition) is 1. The second-order valence-corrected chi connectivity index (χ2v) is 10.4. The maximum Gasteiger partial charge on any atom is 0.335 e. The van der Waals surface area contributed by atoms with Gasteiger partial charge in [0, 0.05) is 41.7 Å². The predicted octanol–water partition coefficient (Wildman–Crippen LogP) is 5.54. The number of carboxylic acid groups (broad SMARTS) is 1. The third-order valence-electron chi connectivity index (χ3n) is 7.58. The molecule has 5 rings (SSSR count). The summed E-state index contributed by atoms with van der Waals surface area (Å²) in [5, 5.41) is 10.1. The first kappa shape index (κ1) is 23.0. The second kappa shape index (κ2) is 8.15. The number of pyridine rings is 2. The Balaban J connectivity index is 1.44.